The molecule has 2 heterocycles. The molecule has 214 valence electrons. The van der Waals surface area contributed by atoms with Gasteiger partial charge in [0.1, 0.15) is 16.3 Å². The molecule has 12 heteroatoms. The minimum Gasteiger partial charge on any atom is -0.481 e. The van der Waals surface area contributed by atoms with Gasteiger partial charge in [0, 0.05) is 28.6 Å². The molecule has 2 aromatic carbocycles. The summed E-state index contributed by atoms with van der Waals surface area (Å²) in [5.41, 5.74) is 4.03. The zero-order valence-corrected chi connectivity index (χ0v) is 26.0. The molecule has 0 aliphatic rings. The third-order valence-corrected chi connectivity index (χ3v) is 8.48. The molecule has 0 saturated heterocycles. The zero-order chi connectivity index (χ0) is 29.7. The molecule has 1 atom stereocenters. The predicted octanol–water partition coefficient (Wildman–Crippen LogP) is 7.77. The number of thioether (sulfide) groups is 1. The lowest BCUT2D eigenvalue weighted by Gasteiger charge is -2.16. The van der Waals surface area contributed by atoms with Crippen LogP contribution in [0.15, 0.2) is 59.6 Å². The van der Waals surface area contributed by atoms with Gasteiger partial charge in [0.05, 0.1) is 17.9 Å². The summed E-state index contributed by atoms with van der Waals surface area (Å²) in [7, 11) is 1.32. The summed E-state index contributed by atoms with van der Waals surface area (Å²) in [6, 6.07) is 11.0. The predicted molar refractivity (Wildman–Crippen MR) is 166 cm³/mol. The molecule has 0 saturated carbocycles. The third kappa shape index (κ3) is 7.13. The molecular weight excluding hydrogens is 603 g/mol. The first kappa shape index (κ1) is 30.6. The molecule has 41 heavy (non-hydrogen) atoms. The van der Waals surface area contributed by atoms with Crippen LogP contribution >= 0.6 is 46.3 Å². The van der Waals surface area contributed by atoms with Gasteiger partial charge in [-0.15, -0.1) is 28.1 Å². The van der Waals surface area contributed by atoms with Gasteiger partial charge in [-0.1, -0.05) is 64.8 Å². The summed E-state index contributed by atoms with van der Waals surface area (Å²) in [6.45, 7) is 10.0. The van der Waals surface area contributed by atoms with Gasteiger partial charge in [0.2, 0.25) is 5.91 Å². The van der Waals surface area contributed by atoms with Crippen molar-refractivity contribution in [2.24, 2.45) is 0 Å². The molecule has 1 unspecified atom stereocenters. The van der Waals surface area contributed by atoms with Crippen molar-refractivity contribution in [1.29, 1.82) is 0 Å². The first-order chi connectivity index (χ1) is 19.6. The van der Waals surface area contributed by atoms with Crippen molar-refractivity contribution >= 4 is 63.2 Å². The van der Waals surface area contributed by atoms with E-state index in [-0.39, 0.29) is 11.7 Å². The van der Waals surface area contributed by atoms with Gasteiger partial charge in [0.15, 0.2) is 17.1 Å². The number of carbonyl (C=O) groups excluding carboxylic acids is 2. The summed E-state index contributed by atoms with van der Waals surface area (Å²) >= 11 is 14.8. The smallest absolute Gasteiger partial charge is 0.341 e. The van der Waals surface area contributed by atoms with Gasteiger partial charge in [-0.2, -0.15) is 0 Å². The number of nitrogens with one attached hydrogen (secondary N) is 1. The molecule has 0 aliphatic heterocycles. The number of amides is 1. The number of benzene rings is 2. The van der Waals surface area contributed by atoms with Crippen molar-refractivity contribution < 1.29 is 19.1 Å². The van der Waals surface area contributed by atoms with E-state index in [0.29, 0.717) is 43.9 Å². The molecule has 0 aliphatic carbocycles. The number of aromatic nitrogens is 3. The number of anilines is 1. The fourth-order valence-electron chi connectivity index (χ4n) is 4.09. The van der Waals surface area contributed by atoms with Gasteiger partial charge in [-0.25, -0.2) is 4.79 Å². The lowest BCUT2D eigenvalue weighted by atomic mass is 9.97. The quantitative estimate of drug-likeness (QED) is 0.103. The van der Waals surface area contributed by atoms with Crippen molar-refractivity contribution in [2.45, 2.75) is 38.6 Å². The Morgan fingerprint density at radius 1 is 1.17 bits per heavy atom. The standard InChI is InChI=1S/C29H28Cl2N4O4S2/c1-6-11-35-26(18(4)39-23-13-19(30)9-10-22(23)31)33-34-29(35)41-15-24(36)32-27-25(28(37)38-5)21(14-40-27)20-12-16(2)7-8-17(20)3/h6-10,12-14,18H,1,11,15H2,2-5H3,(H,32,36). The van der Waals surface area contributed by atoms with Gasteiger partial charge in [-0.05, 0) is 44.0 Å². The number of methoxy groups -OCH3 is 1. The van der Waals surface area contributed by atoms with Crippen molar-refractivity contribution in [1.82, 2.24) is 14.8 Å². The normalized spacial score (nSPS) is 11.7. The fourth-order valence-corrected chi connectivity index (χ4v) is 6.13. The highest BCUT2D eigenvalue weighted by atomic mass is 35.5. The van der Waals surface area contributed by atoms with Crippen molar-refractivity contribution in [3.63, 3.8) is 0 Å². The Kier molecular flexibility index (Phi) is 10.1. The number of ether oxygens (including phenoxy) is 2. The maximum Gasteiger partial charge on any atom is 0.341 e. The minimum atomic E-state index is -0.519. The van der Waals surface area contributed by atoms with E-state index in [9.17, 15) is 9.59 Å². The highest BCUT2D eigenvalue weighted by molar-refractivity contribution is 7.99. The molecule has 0 bridgehead atoms. The van der Waals surface area contributed by atoms with Crippen LogP contribution in [0, 0.1) is 13.8 Å². The summed E-state index contributed by atoms with van der Waals surface area (Å²) in [6.07, 6.45) is 1.19. The van der Waals surface area contributed by atoms with E-state index in [0.717, 1.165) is 22.3 Å². The van der Waals surface area contributed by atoms with Crippen LogP contribution in [0.5, 0.6) is 5.75 Å². The molecule has 4 rings (SSSR count). The molecule has 8 nitrogen and oxygen atoms in total. The molecule has 1 amide bonds. The molecular formula is C29H28Cl2N4O4S2. The topological polar surface area (TPSA) is 95.3 Å². The lowest BCUT2D eigenvalue weighted by Crippen LogP contribution is -2.17. The van der Waals surface area contributed by atoms with Crippen LogP contribution in [-0.2, 0) is 16.1 Å². The third-order valence-electron chi connectivity index (χ3n) is 6.07. The number of carbonyl (C=O) groups is 2. The fraction of sp³-hybridized carbons (Fsp3) is 0.241. The zero-order valence-electron chi connectivity index (χ0n) is 22.9. The average molecular weight is 632 g/mol. The maximum absolute atomic E-state index is 13.0. The Morgan fingerprint density at radius 2 is 1.95 bits per heavy atom. The van der Waals surface area contributed by atoms with E-state index in [4.69, 9.17) is 32.7 Å². The van der Waals surface area contributed by atoms with E-state index >= 15 is 0 Å². The first-order valence-corrected chi connectivity index (χ1v) is 15.1. The number of esters is 1. The van der Waals surface area contributed by atoms with Crippen LogP contribution in [0.3, 0.4) is 0 Å². The number of hydrogen-bond acceptors (Lipinski definition) is 8. The van der Waals surface area contributed by atoms with E-state index in [1.165, 1.54) is 30.2 Å². The number of nitrogens with zero attached hydrogens (tertiary/aromatic N) is 3. The number of halogens is 2. The Balaban J connectivity index is 1.51. The van der Waals surface area contributed by atoms with Crippen LogP contribution in [0.1, 0.15) is 40.3 Å². The molecule has 0 spiro atoms. The SMILES string of the molecule is C=CCn1c(SCC(=O)Nc2scc(-c3cc(C)ccc3C)c2C(=O)OC)nnc1C(C)Oc1cc(Cl)ccc1Cl. The summed E-state index contributed by atoms with van der Waals surface area (Å²) in [5, 5.41) is 15.2. The largest absolute Gasteiger partial charge is 0.481 e. The molecule has 0 radical (unpaired) electrons. The van der Waals surface area contributed by atoms with Gasteiger partial charge in [-0.3, -0.25) is 9.36 Å². The van der Waals surface area contributed by atoms with Crippen LogP contribution in [0.2, 0.25) is 10.0 Å². The Morgan fingerprint density at radius 3 is 2.68 bits per heavy atom. The van der Waals surface area contributed by atoms with Gasteiger partial charge < -0.3 is 14.8 Å². The van der Waals surface area contributed by atoms with Gasteiger partial charge in [0.25, 0.3) is 0 Å². The maximum atomic E-state index is 13.0. The second-order valence-electron chi connectivity index (χ2n) is 9.08. The van der Waals surface area contributed by atoms with E-state index in [1.54, 1.807) is 24.3 Å². The second-order valence-corrected chi connectivity index (χ2v) is 11.7. The summed E-state index contributed by atoms with van der Waals surface area (Å²) in [5.74, 6) is 0.162. The molecule has 2 aromatic heterocycles. The molecule has 0 fully saturated rings. The first-order valence-electron chi connectivity index (χ1n) is 12.5. The molecule has 1 N–H and O–H groups in total. The van der Waals surface area contributed by atoms with Crippen LogP contribution in [-0.4, -0.2) is 39.5 Å². The van der Waals surface area contributed by atoms with Crippen LogP contribution in [0.4, 0.5) is 5.00 Å². The molecule has 4 aromatic rings. The minimum absolute atomic E-state index is 0.0297. The number of allylic oxidation sites excluding steroid dienone is 1. The second kappa shape index (κ2) is 13.6. The van der Waals surface area contributed by atoms with Crippen molar-refractivity contribution in [2.75, 3.05) is 18.2 Å². The summed E-state index contributed by atoms with van der Waals surface area (Å²) < 4.78 is 12.9. The summed E-state index contributed by atoms with van der Waals surface area (Å²) in [4.78, 5) is 25.8. The lowest BCUT2D eigenvalue weighted by molar-refractivity contribution is -0.113. The number of rotatable bonds is 11. The number of thiophene rings is 1. The van der Waals surface area contributed by atoms with Crippen molar-refractivity contribution in [3.05, 3.63) is 87.0 Å². The highest BCUT2D eigenvalue weighted by Crippen LogP contribution is 2.38. The van der Waals surface area contributed by atoms with Crippen LogP contribution < -0.4 is 10.1 Å². The van der Waals surface area contributed by atoms with E-state index in [2.05, 4.69) is 22.1 Å². The Labute approximate surface area is 256 Å². The van der Waals surface area contributed by atoms with Gasteiger partial charge >= 0.3 is 5.97 Å². The number of hydrogen-bond donors (Lipinski definition) is 1. The highest BCUT2D eigenvalue weighted by Gasteiger charge is 2.24. The van der Waals surface area contributed by atoms with Crippen LogP contribution in [0.25, 0.3) is 11.1 Å². The van der Waals surface area contributed by atoms with E-state index in [1.807, 2.05) is 48.9 Å². The van der Waals surface area contributed by atoms with Crippen molar-refractivity contribution in [3.8, 4) is 16.9 Å². The number of aryl methyl sites for hydroxylation is 2. The monoisotopic (exact) mass is 630 g/mol. The van der Waals surface area contributed by atoms with E-state index < -0.39 is 12.1 Å². The Hall–Kier alpha value is -3.31. The Bertz CT molecular complexity index is 1600. The average Bonchev–Trinajstić information content (AvgIpc) is 3.54.